The smallest absolute Gasteiger partial charge is 0.363 e. The van der Waals surface area contributed by atoms with Gasteiger partial charge in [0.05, 0.1) is 4.88 Å². The van der Waals surface area contributed by atoms with Gasteiger partial charge in [-0.05, 0) is 34.6 Å². The summed E-state index contributed by atoms with van der Waals surface area (Å²) in [6, 6.07) is 11.9. The number of ether oxygens (including phenoxy) is 1. The molecule has 0 saturated heterocycles. The van der Waals surface area contributed by atoms with Crippen LogP contribution in [0.2, 0.25) is 0 Å². The Morgan fingerprint density at radius 2 is 1.95 bits per heavy atom. The molecule has 0 atom stereocenters. The molecule has 0 spiro atoms. The SMILES string of the molecule is CC(C)c1ccc(/C=C2\N=C(c3cccs3)OC2=O)cc1. The number of thiophene rings is 1. The fraction of sp³-hybridized carbons (Fsp3) is 0.176. The average molecular weight is 297 g/mol. The second kappa shape index (κ2) is 5.66. The van der Waals surface area contributed by atoms with Gasteiger partial charge in [0.2, 0.25) is 5.90 Å². The molecule has 1 aromatic heterocycles. The molecule has 0 aliphatic carbocycles. The lowest BCUT2D eigenvalue weighted by Gasteiger charge is -2.04. The first kappa shape index (κ1) is 13.8. The molecule has 106 valence electrons. The zero-order valence-corrected chi connectivity index (χ0v) is 12.7. The van der Waals surface area contributed by atoms with E-state index in [1.807, 2.05) is 29.6 Å². The van der Waals surface area contributed by atoms with Gasteiger partial charge in [0.25, 0.3) is 0 Å². The van der Waals surface area contributed by atoms with Gasteiger partial charge in [-0.15, -0.1) is 11.3 Å². The van der Waals surface area contributed by atoms with E-state index in [2.05, 4.69) is 31.0 Å². The summed E-state index contributed by atoms with van der Waals surface area (Å²) in [5.74, 6) is 0.484. The van der Waals surface area contributed by atoms with Crippen LogP contribution < -0.4 is 0 Å². The Balaban J connectivity index is 1.87. The summed E-state index contributed by atoms with van der Waals surface area (Å²) in [6.45, 7) is 4.30. The van der Waals surface area contributed by atoms with Crippen molar-refractivity contribution in [2.75, 3.05) is 0 Å². The van der Waals surface area contributed by atoms with Gasteiger partial charge in [-0.2, -0.15) is 0 Å². The number of carbonyl (C=O) groups excluding carboxylic acids is 1. The summed E-state index contributed by atoms with van der Waals surface area (Å²) in [4.78, 5) is 17.0. The van der Waals surface area contributed by atoms with E-state index in [-0.39, 0.29) is 0 Å². The van der Waals surface area contributed by atoms with E-state index in [9.17, 15) is 4.79 Å². The molecule has 0 amide bonds. The molecule has 3 nitrogen and oxygen atoms in total. The minimum absolute atomic E-state index is 0.343. The monoisotopic (exact) mass is 297 g/mol. The highest BCUT2D eigenvalue weighted by Gasteiger charge is 2.24. The molecule has 1 aromatic carbocycles. The first-order valence-electron chi connectivity index (χ1n) is 6.80. The maximum atomic E-state index is 11.9. The Morgan fingerprint density at radius 1 is 1.19 bits per heavy atom. The van der Waals surface area contributed by atoms with Crippen LogP contribution in [0.3, 0.4) is 0 Å². The molecule has 0 N–H and O–H groups in total. The lowest BCUT2D eigenvalue weighted by molar-refractivity contribution is -0.129. The minimum atomic E-state index is -0.397. The number of hydrogen-bond donors (Lipinski definition) is 0. The molecule has 0 unspecified atom stereocenters. The molecule has 2 heterocycles. The Labute approximate surface area is 127 Å². The zero-order chi connectivity index (χ0) is 14.8. The number of carbonyl (C=O) groups is 1. The van der Waals surface area contributed by atoms with Crippen LogP contribution in [-0.4, -0.2) is 11.9 Å². The number of aliphatic imine (C=N–C) groups is 1. The van der Waals surface area contributed by atoms with Gasteiger partial charge in [0, 0.05) is 0 Å². The quantitative estimate of drug-likeness (QED) is 0.628. The Bertz CT molecular complexity index is 710. The number of cyclic esters (lactones) is 1. The van der Waals surface area contributed by atoms with Crippen LogP contribution in [0, 0.1) is 0 Å². The maximum Gasteiger partial charge on any atom is 0.363 e. The molecule has 0 radical (unpaired) electrons. The number of benzene rings is 1. The predicted molar refractivity (Wildman–Crippen MR) is 85.5 cm³/mol. The molecule has 1 aliphatic rings. The molecule has 2 aromatic rings. The van der Waals surface area contributed by atoms with Gasteiger partial charge in [-0.25, -0.2) is 9.79 Å². The lowest BCUT2D eigenvalue weighted by atomic mass is 10.0. The molecular weight excluding hydrogens is 282 g/mol. The summed E-state index contributed by atoms with van der Waals surface area (Å²) in [6.07, 6.45) is 1.76. The topological polar surface area (TPSA) is 38.7 Å². The van der Waals surface area contributed by atoms with E-state index in [1.165, 1.54) is 16.9 Å². The highest BCUT2D eigenvalue weighted by molar-refractivity contribution is 7.12. The zero-order valence-electron chi connectivity index (χ0n) is 11.9. The first-order chi connectivity index (χ1) is 10.1. The van der Waals surface area contributed by atoms with Crippen LogP contribution in [-0.2, 0) is 9.53 Å². The van der Waals surface area contributed by atoms with E-state index in [1.54, 1.807) is 6.08 Å². The lowest BCUT2D eigenvalue weighted by Crippen LogP contribution is -2.03. The summed E-state index contributed by atoms with van der Waals surface area (Å²) >= 11 is 1.50. The minimum Gasteiger partial charge on any atom is -0.401 e. The van der Waals surface area contributed by atoms with Crippen molar-refractivity contribution in [1.29, 1.82) is 0 Å². The van der Waals surface area contributed by atoms with Gasteiger partial charge in [-0.3, -0.25) is 0 Å². The Kier molecular flexibility index (Phi) is 3.71. The molecule has 0 fully saturated rings. The van der Waals surface area contributed by atoms with Gasteiger partial charge < -0.3 is 4.74 Å². The Hall–Kier alpha value is -2.20. The molecule has 4 heteroatoms. The number of esters is 1. The van der Waals surface area contributed by atoms with E-state index >= 15 is 0 Å². The summed E-state index contributed by atoms with van der Waals surface area (Å²) in [5, 5.41) is 1.93. The van der Waals surface area contributed by atoms with Crippen LogP contribution >= 0.6 is 11.3 Å². The fourth-order valence-electron chi connectivity index (χ4n) is 2.05. The third-order valence-corrected chi connectivity index (χ3v) is 4.12. The highest BCUT2D eigenvalue weighted by Crippen LogP contribution is 2.22. The second-order valence-electron chi connectivity index (χ2n) is 5.13. The van der Waals surface area contributed by atoms with Crippen molar-refractivity contribution < 1.29 is 9.53 Å². The van der Waals surface area contributed by atoms with E-state index in [4.69, 9.17) is 4.74 Å². The normalized spacial score (nSPS) is 16.4. The average Bonchev–Trinajstić information content (AvgIpc) is 3.10. The third-order valence-electron chi connectivity index (χ3n) is 3.26. The van der Waals surface area contributed by atoms with Crippen LogP contribution in [0.1, 0.15) is 35.8 Å². The molecule has 21 heavy (non-hydrogen) atoms. The van der Waals surface area contributed by atoms with Crippen molar-refractivity contribution in [3.8, 4) is 0 Å². The summed E-state index contributed by atoms with van der Waals surface area (Å²) in [5.41, 5.74) is 2.56. The number of rotatable bonds is 3. The second-order valence-corrected chi connectivity index (χ2v) is 6.08. The van der Waals surface area contributed by atoms with Crippen molar-refractivity contribution in [2.45, 2.75) is 19.8 Å². The largest absolute Gasteiger partial charge is 0.401 e. The Morgan fingerprint density at radius 3 is 2.57 bits per heavy atom. The maximum absolute atomic E-state index is 11.9. The molecule has 0 bridgehead atoms. The van der Waals surface area contributed by atoms with Crippen molar-refractivity contribution in [3.05, 3.63) is 63.5 Å². The van der Waals surface area contributed by atoms with Crippen LogP contribution in [0.4, 0.5) is 0 Å². The van der Waals surface area contributed by atoms with Gasteiger partial charge in [0.15, 0.2) is 5.70 Å². The van der Waals surface area contributed by atoms with E-state index in [0.29, 0.717) is 17.5 Å². The summed E-state index contributed by atoms with van der Waals surface area (Å²) < 4.78 is 5.21. The van der Waals surface area contributed by atoms with Crippen LogP contribution in [0.5, 0.6) is 0 Å². The van der Waals surface area contributed by atoms with Crippen molar-refractivity contribution in [2.24, 2.45) is 4.99 Å². The number of hydrogen-bond acceptors (Lipinski definition) is 4. The van der Waals surface area contributed by atoms with Gasteiger partial charge >= 0.3 is 5.97 Å². The van der Waals surface area contributed by atoms with Crippen molar-refractivity contribution in [1.82, 2.24) is 0 Å². The van der Waals surface area contributed by atoms with Gasteiger partial charge in [0.1, 0.15) is 0 Å². The van der Waals surface area contributed by atoms with Crippen molar-refractivity contribution >= 4 is 29.3 Å². The summed E-state index contributed by atoms with van der Waals surface area (Å²) in [7, 11) is 0. The first-order valence-corrected chi connectivity index (χ1v) is 7.68. The standard InChI is InChI=1S/C17H15NO2S/c1-11(2)13-7-5-12(6-8-13)10-14-17(19)20-16(18-14)15-4-3-9-21-15/h3-11H,1-2H3/b14-10-. The molecular formula is C17H15NO2S. The number of nitrogens with zero attached hydrogens (tertiary/aromatic N) is 1. The van der Waals surface area contributed by atoms with Gasteiger partial charge in [-0.1, -0.05) is 44.2 Å². The molecule has 3 rings (SSSR count). The molecule has 0 saturated carbocycles. The third kappa shape index (κ3) is 2.95. The van der Waals surface area contributed by atoms with Crippen LogP contribution in [0.15, 0.2) is 52.5 Å². The predicted octanol–water partition coefficient (Wildman–Crippen LogP) is 4.22. The highest BCUT2D eigenvalue weighted by atomic mass is 32.1. The van der Waals surface area contributed by atoms with E-state index in [0.717, 1.165) is 10.4 Å². The van der Waals surface area contributed by atoms with E-state index < -0.39 is 5.97 Å². The fourth-order valence-corrected chi connectivity index (χ4v) is 2.70. The van der Waals surface area contributed by atoms with Crippen LogP contribution in [0.25, 0.3) is 6.08 Å². The van der Waals surface area contributed by atoms with Crippen molar-refractivity contribution in [3.63, 3.8) is 0 Å². The molecule has 1 aliphatic heterocycles.